The molecule has 0 aliphatic rings. The Hall–Kier alpha value is -4.86. The van der Waals surface area contributed by atoms with Crippen LogP contribution >= 0.6 is 0 Å². The second-order valence-corrected chi connectivity index (χ2v) is 7.55. The number of para-hydroxylation sites is 1. The summed E-state index contributed by atoms with van der Waals surface area (Å²) in [5.74, 6) is -2.56. The van der Waals surface area contributed by atoms with Crippen molar-refractivity contribution in [2.24, 2.45) is 26.4 Å². The molecule has 3 rings (SSSR count). The van der Waals surface area contributed by atoms with Crippen molar-refractivity contribution in [3.05, 3.63) is 77.0 Å². The molecule has 37 heavy (non-hydrogen) atoms. The van der Waals surface area contributed by atoms with E-state index in [1.165, 1.54) is 44.0 Å². The average Bonchev–Trinajstić information content (AvgIpc) is 3.27. The predicted molar refractivity (Wildman–Crippen MR) is 132 cm³/mol. The van der Waals surface area contributed by atoms with E-state index in [2.05, 4.69) is 36.0 Å². The standard InChI is InChI=1S/C24H21F4N9/c1-13(14(7-29)9-33-18-6-4-3-5-17(18)25)20-16(8-30)19(21(37-20)22(31)36-12-32-2)15-10-34-23(35-11-15)24(26,27)28/h3-7,9-13,37H,29H2,1-2H3,(H2,31,32,36). The monoisotopic (exact) mass is 511 g/mol. The Morgan fingerprint density at radius 3 is 2.46 bits per heavy atom. The number of nitriles is 1. The molecule has 13 heteroatoms. The number of nitrogens with two attached hydrogens (primary N) is 2. The number of alkyl halides is 3. The molecule has 0 amide bonds. The number of hydrogen-bond donors (Lipinski definition) is 3. The van der Waals surface area contributed by atoms with Crippen molar-refractivity contribution in [1.82, 2.24) is 15.0 Å². The van der Waals surface area contributed by atoms with Crippen molar-refractivity contribution in [3.63, 3.8) is 0 Å². The first-order valence-corrected chi connectivity index (χ1v) is 10.6. The zero-order valence-corrected chi connectivity index (χ0v) is 19.6. The average molecular weight is 511 g/mol. The highest BCUT2D eigenvalue weighted by Gasteiger charge is 2.35. The highest BCUT2D eigenvalue weighted by atomic mass is 19.4. The van der Waals surface area contributed by atoms with E-state index >= 15 is 0 Å². The van der Waals surface area contributed by atoms with Gasteiger partial charge in [-0.05, 0) is 23.9 Å². The van der Waals surface area contributed by atoms with Crippen LogP contribution in [-0.2, 0) is 6.18 Å². The normalized spacial score (nSPS) is 13.9. The summed E-state index contributed by atoms with van der Waals surface area (Å²) in [6.07, 6.45) is 0.917. The Morgan fingerprint density at radius 2 is 1.89 bits per heavy atom. The van der Waals surface area contributed by atoms with Gasteiger partial charge in [0.1, 0.15) is 24.1 Å². The van der Waals surface area contributed by atoms with Crippen LogP contribution in [0.25, 0.3) is 11.1 Å². The number of nitrogens with one attached hydrogen (secondary N) is 1. The molecular formula is C24H21F4N9. The van der Waals surface area contributed by atoms with E-state index in [0.29, 0.717) is 11.3 Å². The van der Waals surface area contributed by atoms with Gasteiger partial charge in [0, 0.05) is 48.4 Å². The maximum absolute atomic E-state index is 14.0. The number of H-pyrrole nitrogens is 1. The van der Waals surface area contributed by atoms with Gasteiger partial charge in [0.25, 0.3) is 0 Å². The van der Waals surface area contributed by atoms with Crippen LogP contribution in [0.3, 0.4) is 0 Å². The number of nitrogens with zero attached hydrogens (tertiary/aromatic N) is 6. The molecule has 0 aliphatic heterocycles. The molecule has 0 saturated heterocycles. The zero-order valence-electron chi connectivity index (χ0n) is 19.6. The SMILES string of the molecule is CN=CN=C(N)c1[nH]c(C(C)C(C=Nc2ccccc2F)=CN)c(C#N)c1-c1cnc(C(F)(F)F)nc1. The van der Waals surface area contributed by atoms with Gasteiger partial charge in [-0.25, -0.2) is 19.4 Å². The minimum atomic E-state index is -4.74. The molecule has 190 valence electrons. The van der Waals surface area contributed by atoms with E-state index in [-0.39, 0.29) is 33.9 Å². The minimum Gasteiger partial charge on any atom is -0.404 e. The van der Waals surface area contributed by atoms with Crippen LogP contribution < -0.4 is 11.5 Å². The molecule has 2 heterocycles. The van der Waals surface area contributed by atoms with Crippen LogP contribution in [0.15, 0.2) is 63.4 Å². The summed E-state index contributed by atoms with van der Waals surface area (Å²) in [7, 11) is 1.47. The predicted octanol–water partition coefficient (Wildman–Crippen LogP) is 4.21. The maximum Gasteiger partial charge on any atom is 0.451 e. The quantitative estimate of drug-likeness (QED) is 0.246. The molecule has 3 aromatic rings. The number of aromatic nitrogens is 3. The first-order chi connectivity index (χ1) is 17.6. The molecule has 0 spiro atoms. The highest BCUT2D eigenvalue weighted by Crippen LogP contribution is 2.36. The Kier molecular flexibility index (Phi) is 8.13. The van der Waals surface area contributed by atoms with E-state index in [0.717, 1.165) is 12.4 Å². The Labute approximate surface area is 209 Å². The smallest absolute Gasteiger partial charge is 0.404 e. The summed E-state index contributed by atoms with van der Waals surface area (Å²) < 4.78 is 52.9. The molecule has 0 bridgehead atoms. The summed E-state index contributed by atoms with van der Waals surface area (Å²) in [5, 5.41) is 10.0. The zero-order chi connectivity index (χ0) is 27.2. The number of allylic oxidation sites excluding steroid dienone is 1. The molecule has 0 fully saturated rings. The molecule has 1 atom stereocenters. The second kappa shape index (κ2) is 11.3. The fourth-order valence-corrected chi connectivity index (χ4v) is 3.40. The fourth-order valence-electron chi connectivity index (χ4n) is 3.40. The Morgan fingerprint density at radius 1 is 1.22 bits per heavy atom. The van der Waals surface area contributed by atoms with E-state index in [1.807, 2.05) is 0 Å². The van der Waals surface area contributed by atoms with Crippen LogP contribution in [-0.4, -0.2) is 40.4 Å². The van der Waals surface area contributed by atoms with Crippen molar-refractivity contribution in [3.8, 4) is 17.2 Å². The van der Waals surface area contributed by atoms with Gasteiger partial charge in [0.05, 0.1) is 16.9 Å². The molecule has 0 radical (unpaired) electrons. The molecule has 0 aliphatic carbocycles. The topological polar surface area (TPSA) is 154 Å². The highest BCUT2D eigenvalue weighted by molar-refractivity contribution is 6.06. The number of rotatable bonds is 7. The third-order valence-electron chi connectivity index (χ3n) is 5.23. The number of aromatic amines is 1. The third-order valence-corrected chi connectivity index (χ3v) is 5.23. The van der Waals surface area contributed by atoms with Gasteiger partial charge in [-0.1, -0.05) is 19.1 Å². The van der Waals surface area contributed by atoms with Gasteiger partial charge >= 0.3 is 6.18 Å². The molecule has 2 aromatic heterocycles. The van der Waals surface area contributed by atoms with Crippen LogP contribution in [0.4, 0.5) is 23.2 Å². The van der Waals surface area contributed by atoms with Crippen LogP contribution in [0.1, 0.15) is 35.6 Å². The van der Waals surface area contributed by atoms with E-state index in [4.69, 9.17) is 11.5 Å². The Balaban J connectivity index is 2.15. The lowest BCUT2D eigenvalue weighted by molar-refractivity contribution is -0.144. The lowest BCUT2D eigenvalue weighted by atomic mass is 9.93. The maximum atomic E-state index is 14.0. The summed E-state index contributed by atoms with van der Waals surface area (Å²) in [6, 6.07) is 7.94. The summed E-state index contributed by atoms with van der Waals surface area (Å²) >= 11 is 0. The fraction of sp³-hybridized carbons (Fsp3) is 0.167. The lowest BCUT2D eigenvalue weighted by Gasteiger charge is -2.12. The number of halogens is 4. The van der Waals surface area contributed by atoms with Crippen molar-refractivity contribution in [2.75, 3.05) is 7.05 Å². The van der Waals surface area contributed by atoms with Gasteiger partial charge in [-0.3, -0.25) is 9.98 Å². The molecule has 1 unspecified atom stereocenters. The molecule has 0 saturated carbocycles. The first-order valence-electron chi connectivity index (χ1n) is 10.6. The van der Waals surface area contributed by atoms with Gasteiger partial charge < -0.3 is 16.5 Å². The number of hydrogen-bond acceptors (Lipinski definition) is 6. The van der Waals surface area contributed by atoms with Gasteiger partial charge in [0.15, 0.2) is 0 Å². The summed E-state index contributed by atoms with van der Waals surface area (Å²) in [6.45, 7) is 1.70. The summed E-state index contributed by atoms with van der Waals surface area (Å²) in [5.41, 5.74) is 13.2. The van der Waals surface area contributed by atoms with Gasteiger partial charge in [-0.15, -0.1) is 0 Å². The van der Waals surface area contributed by atoms with E-state index in [9.17, 15) is 22.8 Å². The van der Waals surface area contributed by atoms with E-state index < -0.39 is 23.7 Å². The lowest BCUT2D eigenvalue weighted by Crippen LogP contribution is -2.16. The van der Waals surface area contributed by atoms with Gasteiger partial charge in [0.2, 0.25) is 5.82 Å². The molecule has 5 N–H and O–H groups in total. The largest absolute Gasteiger partial charge is 0.451 e. The molecular weight excluding hydrogens is 490 g/mol. The Bertz CT molecular complexity index is 1430. The van der Waals surface area contributed by atoms with Crippen LogP contribution in [0, 0.1) is 17.1 Å². The number of benzene rings is 1. The number of amidine groups is 1. The number of aliphatic imine (C=N–C) groups is 3. The molecule has 9 nitrogen and oxygen atoms in total. The van der Waals surface area contributed by atoms with Gasteiger partial charge in [-0.2, -0.15) is 18.4 Å². The van der Waals surface area contributed by atoms with Crippen LogP contribution in [0.2, 0.25) is 0 Å². The molecule has 1 aromatic carbocycles. The van der Waals surface area contributed by atoms with Crippen molar-refractivity contribution < 1.29 is 17.6 Å². The first kappa shape index (κ1) is 26.7. The minimum absolute atomic E-state index is 0.0519. The van der Waals surface area contributed by atoms with Crippen LogP contribution in [0.5, 0.6) is 0 Å². The van der Waals surface area contributed by atoms with Crippen molar-refractivity contribution in [1.29, 1.82) is 5.26 Å². The van der Waals surface area contributed by atoms with Crippen molar-refractivity contribution >= 4 is 24.1 Å². The second-order valence-electron chi connectivity index (χ2n) is 7.55. The van der Waals surface area contributed by atoms with E-state index in [1.54, 1.807) is 13.0 Å². The third kappa shape index (κ3) is 5.87. The summed E-state index contributed by atoms with van der Waals surface area (Å²) in [4.78, 5) is 21.7. The van der Waals surface area contributed by atoms with Crippen molar-refractivity contribution in [2.45, 2.75) is 19.0 Å².